The van der Waals surface area contributed by atoms with E-state index in [9.17, 15) is 18.5 Å². The van der Waals surface area contributed by atoms with Gasteiger partial charge in [-0.2, -0.15) is 8.42 Å². The zero-order valence-electron chi connectivity index (χ0n) is 12.6. The lowest BCUT2D eigenvalue weighted by Gasteiger charge is -2.02. The van der Waals surface area contributed by atoms with Crippen molar-refractivity contribution in [2.24, 2.45) is 0 Å². The first-order chi connectivity index (χ1) is 10.8. The van der Waals surface area contributed by atoms with Crippen LogP contribution in [0.15, 0.2) is 36.7 Å². The van der Waals surface area contributed by atoms with Crippen LogP contribution in [0.1, 0.15) is 18.4 Å². The van der Waals surface area contributed by atoms with Gasteiger partial charge in [0.15, 0.2) is 0 Å². The minimum atomic E-state index is -3.67. The van der Waals surface area contributed by atoms with Crippen LogP contribution in [0.3, 0.4) is 0 Å². The summed E-state index contributed by atoms with van der Waals surface area (Å²) < 4.78 is 27.7. The average Bonchev–Trinajstić information content (AvgIpc) is 2.95. The molecule has 2 aromatic rings. The number of aryl methyl sites for hydroxylation is 2. The molecular formula is C13H18N4O5S. The van der Waals surface area contributed by atoms with Gasteiger partial charge in [0.05, 0.1) is 17.4 Å². The average molecular weight is 342 g/mol. The number of aromatic nitrogens is 3. The van der Waals surface area contributed by atoms with E-state index in [0.29, 0.717) is 6.26 Å². The second-order valence-electron chi connectivity index (χ2n) is 4.78. The molecule has 0 bridgehead atoms. The fourth-order valence-corrected chi connectivity index (χ4v) is 1.74. The predicted molar refractivity (Wildman–Crippen MR) is 83.5 cm³/mol. The van der Waals surface area contributed by atoms with E-state index in [2.05, 4.69) is 10.3 Å². The highest BCUT2D eigenvalue weighted by atomic mass is 32.2. The molecule has 1 aromatic carbocycles. The maximum atomic E-state index is 10.5. The lowest BCUT2D eigenvalue weighted by molar-refractivity contribution is -0.384. The van der Waals surface area contributed by atoms with E-state index < -0.39 is 10.1 Å². The van der Waals surface area contributed by atoms with E-state index in [1.807, 2.05) is 18.3 Å². The van der Waals surface area contributed by atoms with Gasteiger partial charge >= 0.3 is 0 Å². The van der Waals surface area contributed by atoms with Crippen LogP contribution in [-0.2, 0) is 23.1 Å². The fraction of sp³-hybridized carbons (Fsp3) is 0.385. The zero-order chi connectivity index (χ0) is 17.3. The van der Waals surface area contributed by atoms with Crippen LogP contribution in [0.4, 0.5) is 5.69 Å². The van der Waals surface area contributed by atoms with Gasteiger partial charge in [-0.25, -0.2) is 0 Å². The van der Waals surface area contributed by atoms with Crippen LogP contribution in [0.5, 0.6) is 0 Å². The molecule has 0 fully saturated rings. The second-order valence-corrected chi connectivity index (χ2v) is 6.25. The highest BCUT2D eigenvalue weighted by molar-refractivity contribution is 7.85. The SMILES string of the molecule is CS(=O)(=O)O.O=[N+]([O-])c1ccc(CCCCn2ccnn2)cc1. The molecule has 1 heterocycles. The van der Waals surface area contributed by atoms with Gasteiger partial charge in [0.2, 0.25) is 0 Å². The van der Waals surface area contributed by atoms with Crippen LogP contribution >= 0.6 is 0 Å². The molecule has 0 atom stereocenters. The summed E-state index contributed by atoms with van der Waals surface area (Å²) in [6.07, 6.45) is 7.18. The van der Waals surface area contributed by atoms with Gasteiger partial charge in [-0.15, -0.1) is 5.10 Å². The molecule has 0 aliphatic rings. The molecule has 0 aliphatic carbocycles. The second kappa shape index (κ2) is 8.96. The molecule has 0 radical (unpaired) electrons. The highest BCUT2D eigenvalue weighted by Gasteiger charge is 2.03. The largest absolute Gasteiger partial charge is 0.286 e. The summed E-state index contributed by atoms with van der Waals surface area (Å²) in [4.78, 5) is 10.1. The summed E-state index contributed by atoms with van der Waals surface area (Å²) in [5, 5.41) is 18.1. The van der Waals surface area contributed by atoms with Gasteiger partial charge in [0.1, 0.15) is 0 Å². The lowest BCUT2D eigenvalue weighted by Crippen LogP contribution is -1.99. The Morgan fingerprint density at radius 2 is 1.87 bits per heavy atom. The number of hydrogen-bond acceptors (Lipinski definition) is 6. The number of nitrogens with zero attached hydrogens (tertiary/aromatic N) is 4. The molecule has 0 aliphatic heterocycles. The van der Waals surface area contributed by atoms with E-state index in [-0.39, 0.29) is 10.6 Å². The summed E-state index contributed by atoms with van der Waals surface area (Å²) in [6, 6.07) is 6.72. The maximum Gasteiger partial charge on any atom is 0.269 e. The Hall–Kier alpha value is -2.33. The first-order valence-electron chi connectivity index (χ1n) is 6.75. The van der Waals surface area contributed by atoms with Gasteiger partial charge in [0, 0.05) is 24.9 Å². The van der Waals surface area contributed by atoms with E-state index in [1.165, 1.54) is 0 Å². The summed E-state index contributed by atoms with van der Waals surface area (Å²) >= 11 is 0. The smallest absolute Gasteiger partial charge is 0.269 e. The zero-order valence-corrected chi connectivity index (χ0v) is 13.4. The molecule has 0 spiro atoms. The molecule has 1 N–H and O–H groups in total. The van der Waals surface area contributed by atoms with Crippen LogP contribution in [0, 0.1) is 10.1 Å². The van der Waals surface area contributed by atoms with Gasteiger partial charge < -0.3 is 0 Å². The number of nitro groups is 1. The van der Waals surface area contributed by atoms with Crippen molar-refractivity contribution < 1.29 is 17.9 Å². The maximum absolute atomic E-state index is 10.5. The van der Waals surface area contributed by atoms with Gasteiger partial charge in [-0.1, -0.05) is 17.3 Å². The molecule has 2 rings (SSSR count). The van der Waals surface area contributed by atoms with E-state index in [0.717, 1.165) is 31.4 Å². The molecule has 1 aromatic heterocycles. The minimum absolute atomic E-state index is 0.140. The van der Waals surface area contributed by atoms with Gasteiger partial charge in [-0.3, -0.25) is 19.3 Å². The van der Waals surface area contributed by atoms with E-state index >= 15 is 0 Å². The molecule has 0 unspecified atom stereocenters. The molecule has 23 heavy (non-hydrogen) atoms. The van der Waals surface area contributed by atoms with Crippen LogP contribution in [0.2, 0.25) is 0 Å². The third-order valence-corrected chi connectivity index (χ3v) is 2.72. The Labute approximate surface area is 133 Å². The van der Waals surface area contributed by atoms with Crippen molar-refractivity contribution in [2.45, 2.75) is 25.8 Å². The third kappa shape index (κ3) is 9.32. The van der Waals surface area contributed by atoms with Crippen molar-refractivity contribution in [3.63, 3.8) is 0 Å². The molecule has 10 heteroatoms. The molecule has 0 amide bonds. The van der Waals surface area contributed by atoms with Crippen LogP contribution < -0.4 is 0 Å². The van der Waals surface area contributed by atoms with Crippen molar-refractivity contribution in [1.82, 2.24) is 15.0 Å². The number of rotatable bonds is 6. The Bertz CT molecular complexity index is 690. The number of benzene rings is 1. The van der Waals surface area contributed by atoms with Crippen molar-refractivity contribution in [3.05, 3.63) is 52.3 Å². The molecule has 0 saturated heterocycles. The van der Waals surface area contributed by atoms with Gasteiger partial charge in [0.25, 0.3) is 15.8 Å². The number of hydrogen-bond donors (Lipinski definition) is 1. The number of nitro benzene ring substituents is 1. The topological polar surface area (TPSA) is 128 Å². The highest BCUT2D eigenvalue weighted by Crippen LogP contribution is 2.13. The first-order valence-corrected chi connectivity index (χ1v) is 8.60. The summed E-state index contributed by atoms with van der Waals surface area (Å²) in [5.74, 6) is 0. The molecule has 9 nitrogen and oxygen atoms in total. The predicted octanol–water partition coefficient (Wildman–Crippen LogP) is 1.71. The Morgan fingerprint density at radius 1 is 1.26 bits per heavy atom. The Balaban J connectivity index is 0.000000463. The lowest BCUT2D eigenvalue weighted by atomic mass is 10.1. The van der Waals surface area contributed by atoms with Crippen LogP contribution in [0.25, 0.3) is 0 Å². The Morgan fingerprint density at radius 3 is 2.35 bits per heavy atom. The van der Waals surface area contributed by atoms with Crippen molar-refractivity contribution in [1.29, 1.82) is 0 Å². The third-order valence-electron chi connectivity index (χ3n) is 2.72. The van der Waals surface area contributed by atoms with Crippen molar-refractivity contribution in [2.75, 3.05) is 6.26 Å². The first kappa shape index (κ1) is 18.7. The molecule has 0 saturated carbocycles. The summed E-state index contributed by atoms with van der Waals surface area (Å²) in [5.41, 5.74) is 1.26. The summed E-state index contributed by atoms with van der Waals surface area (Å²) in [6.45, 7) is 0.854. The Kier molecular flexibility index (Phi) is 7.29. The number of non-ortho nitro benzene ring substituents is 1. The summed E-state index contributed by atoms with van der Waals surface area (Å²) in [7, 11) is -3.67. The van der Waals surface area contributed by atoms with E-state index in [1.54, 1.807) is 23.0 Å². The standard InChI is InChI=1S/C12H14N4O2.CH4O3S/c17-16(18)12-6-4-11(5-7-12)3-1-2-9-15-10-8-13-14-15;1-5(2,3)4/h4-8,10H,1-3,9H2;1H3,(H,2,3,4). The van der Waals surface area contributed by atoms with Crippen LogP contribution in [-0.4, -0.2) is 39.1 Å². The fourth-order valence-electron chi connectivity index (χ4n) is 1.74. The van der Waals surface area contributed by atoms with Gasteiger partial charge in [-0.05, 0) is 24.8 Å². The molecular weight excluding hydrogens is 324 g/mol. The quantitative estimate of drug-likeness (QED) is 0.366. The normalized spacial score (nSPS) is 10.7. The van der Waals surface area contributed by atoms with Crippen molar-refractivity contribution >= 4 is 15.8 Å². The minimum Gasteiger partial charge on any atom is -0.286 e. The van der Waals surface area contributed by atoms with E-state index in [4.69, 9.17) is 4.55 Å². The number of unbranched alkanes of at least 4 members (excludes halogenated alkanes) is 1. The molecule has 126 valence electrons. The monoisotopic (exact) mass is 342 g/mol. The van der Waals surface area contributed by atoms with Crippen molar-refractivity contribution in [3.8, 4) is 0 Å².